The zero-order valence-electron chi connectivity index (χ0n) is 18.6. The SMILES string of the molecule is COCc1cn2c(Nc3cc([C@@H]4OC[C@H](OC(=O)NC5(C)CC5)[C@@H]4F)[nH]n3)nc(C)cc2n1. The highest BCUT2D eigenvalue weighted by atomic mass is 19.1. The maximum absolute atomic E-state index is 15.0. The minimum Gasteiger partial charge on any atom is -0.441 e. The summed E-state index contributed by atoms with van der Waals surface area (Å²) in [6.07, 6.45) is -0.442. The van der Waals surface area contributed by atoms with E-state index >= 15 is 0 Å². The second-order valence-corrected chi connectivity index (χ2v) is 8.78. The van der Waals surface area contributed by atoms with Crippen molar-refractivity contribution < 1.29 is 23.4 Å². The first-order valence-corrected chi connectivity index (χ1v) is 10.7. The number of hydrogen-bond acceptors (Lipinski definition) is 8. The van der Waals surface area contributed by atoms with E-state index < -0.39 is 24.5 Å². The highest BCUT2D eigenvalue weighted by molar-refractivity contribution is 5.69. The summed E-state index contributed by atoms with van der Waals surface area (Å²) < 4.78 is 32.8. The third-order valence-corrected chi connectivity index (χ3v) is 5.81. The Morgan fingerprint density at radius 3 is 2.97 bits per heavy atom. The molecule has 3 N–H and O–H groups in total. The first kappa shape index (κ1) is 21.6. The molecule has 33 heavy (non-hydrogen) atoms. The summed E-state index contributed by atoms with van der Waals surface area (Å²) in [5.41, 5.74) is 2.45. The number of aromatic nitrogens is 5. The van der Waals surface area contributed by atoms with E-state index in [-0.39, 0.29) is 12.1 Å². The van der Waals surface area contributed by atoms with Crippen molar-refractivity contribution in [3.05, 3.63) is 35.4 Å². The molecule has 0 spiro atoms. The monoisotopic (exact) mass is 459 g/mol. The first-order chi connectivity index (χ1) is 15.8. The number of halogens is 1. The van der Waals surface area contributed by atoms with Crippen LogP contribution in [-0.2, 0) is 20.8 Å². The van der Waals surface area contributed by atoms with E-state index in [0.717, 1.165) is 24.2 Å². The third kappa shape index (κ3) is 4.48. The summed E-state index contributed by atoms with van der Waals surface area (Å²) in [6.45, 7) is 4.14. The number of nitrogens with one attached hydrogen (secondary N) is 3. The Morgan fingerprint density at radius 2 is 2.21 bits per heavy atom. The van der Waals surface area contributed by atoms with Gasteiger partial charge in [0.1, 0.15) is 11.8 Å². The van der Waals surface area contributed by atoms with Gasteiger partial charge in [0.15, 0.2) is 18.1 Å². The zero-order chi connectivity index (χ0) is 23.2. The third-order valence-electron chi connectivity index (χ3n) is 5.81. The van der Waals surface area contributed by atoms with Gasteiger partial charge in [-0.25, -0.2) is 19.2 Å². The van der Waals surface area contributed by atoms with Gasteiger partial charge in [-0.2, -0.15) is 5.10 Å². The molecule has 0 bridgehead atoms. The zero-order valence-corrected chi connectivity index (χ0v) is 18.6. The smallest absolute Gasteiger partial charge is 0.408 e. The van der Waals surface area contributed by atoms with Crippen molar-refractivity contribution >= 4 is 23.5 Å². The highest BCUT2D eigenvalue weighted by Gasteiger charge is 2.44. The van der Waals surface area contributed by atoms with Crippen LogP contribution in [0.1, 0.15) is 43.0 Å². The number of methoxy groups -OCH3 is 1. The summed E-state index contributed by atoms with van der Waals surface area (Å²) in [6, 6.07) is 3.51. The van der Waals surface area contributed by atoms with E-state index in [9.17, 15) is 9.18 Å². The predicted molar refractivity (Wildman–Crippen MR) is 115 cm³/mol. The number of amides is 1. The number of alkyl halides is 1. The molecule has 3 aromatic heterocycles. The topological polar surface area (TPSA) is 128 Å². The Kier molecular flexibility index (Phi) is 5.41. The summed E-state index contributed by atoms with van der Waals surface area (Å²) in [5.74, 6) is 0.944. The Labute approximate surface area is 189 Å². The van der Waals surface area contributed by atoms with Crippen LogP contribution in [0.25, 0.3) is 5.65 Å². The van der Waals surface area contributed by atoms with E-state index in [1.165, 1.54) is 0 Å². The van der Waals surface area contributed by atoms with Gasteiger partial charge in [-0.1, -0.05) is 0 Å². The van der Waals surface area contributed by atoms with Crippen LogP contribution in [0.5, 0.6) is 0 Å². The molecule has 0 aromatic carbocycles. The molecule has 1 saturated heterocycles. The number of anilines is 2. The van der Waals surface area contributed by atoms with Crippen molar-refractivity contribution in [2.24, 2.45) is 0 Å². The molecule has 3 atom stereocenters. The first-order valence-electron chi connectivity index (χ1n) is 10.7. The number of fused-ring (bicyclic) bond motifs is 1. The average Bonchev–Trinajstić information content (AvgIpc) is 3.11. The second-order valence-electron chi connectivity index (χ2n) is 8.78. The van der Waals surface area contributed by atoms with Crippen molar-refractivity contribution in [2.75, 3.05) is 19.0 Å². The number of ether oxygens (including phenoxy) is 3. The van der Waals surface area contributed by atoms with Crippen molar-refractivity contribution in [1.29, 1.82) is 0 Å². The van der Waals surface area contributed by atoms with Crippen LogP contribution in [0.2, 0.25) is 0 Å². The van der Waals surface area contributed by atoms with Crippen LogP contribution in [0.3, 0.4) is 0 Å². The Bertz CT molecular complexity index is 1170. The fourth-order valence-corrected chi connectivity index (χ4v) is 3.79. The molecule has 4 heterocycles. The van der Waals surface area contributed by atoms with Gasteiger partial charge in [0.2, 0.25) is 5.95 Å². The molecule has 12 heteroatoms. The second kappa shape index (κ2) is 8.27. The lowest BCUT2D eigenvalue weighted by Gasteiger charge is -2.17. The molecule has 1 aliphatic carbocycles. The summed E-state index contributed by atoms with van der Waals surface area (Å²) in [7, 11) is 1.61. The average molecular weight is 459 g/mol. The van der Waals surface area contributed by atoms with Crippen molar-refractivity contribution in [2.45, 2.75) is 57.2 Å². The highest BCUT2D eigenvalue weighted by Crippen LogP contribution is 2.36. The summed E-state index contributed by atoms with van der Waals surface area (Å²) >= 11 is 0. The lowest BCUT2D eigenvalue weighted by molar-refractivity contribution is 0.0604. The minimum absolute atomic E-state index is 0.0326. The number of alkyl carbamates (subject to hydrolysis) is 1. The molecule has 0 radical (unpaired) electrons. The number of H-pyrrole nitrogens is 1. The quantitative estimate of drug-likeness (QED) is 0.492. The predicted octanol–water partition coefficient (Wildman–Crippen LogP) is 2.71. The van der Waals surface area contributed by atoms with Crippen LogP contribution in [0.15, 0.2) is 18.3 Å². The van der Waals surface area contributed by atoms with Gasteiger partial charge in [-0.3, -0.25) is 9.50 Å². The Balaban J connectivity index is 1.27. The normalized spacial score (nSPS) is 23.6. The number of nitrogens with zero attached hydrogens (tertiary/aromatic N) is 4. The van der Waals surface area contributed by atoms with Gasteiger partial charge < -0.3 is 24.8 Å². The molecule has 2 fully saturated rings. The van der Waals surface area contributed by atoms with E-state index in [4.69, 9.17) is 14.2 Å². The van der Waals surface area contributed by atoms with Crippen molar-refractivity contribution in [1.82, 2.24) is 29.9 Å². The largest absolute Gasteiger partial charge is 0.441 e. The molecule has 5 rings (SSSR count). The molecule has 11 nitrogen and oxygen atoms in total. The van der Waals surface area contributed by atoms with Crippen LogP contribution in [-0.4, -0.2) is 62.2 Å². The molecule has 0 unspecified atom stereocenters. The number of carbonyl (C=O) groups is 1. The van der Waals surface area contributed by atoms with Gasteiger partial charge in [-0.15, -0.1) is 0 Å². The van der Waals surface area contributed by atoms with E-state index in [2.05, 4.69) is 30.8 Å². The van der Waals surface area contributed by atoms with Crippen molar-refractivity contribution in [3.8, 4) is 0 Å². The van der Waals surface area contributed by atoms with Crippen LogP contribution in [0.4, 0.5) is 21.0 Å². The van der Waals surface area contributed by atoms with E-state index in [1.54, 1.807) is 17.6 Å². The molecular weight excluding hydrogens is 433 g/mol. The lowest BCUT2D eigenvalue weighted by Crippen LogP contribution is -2.39. The fraction of sp³-hybridized carbons (Fsp3) is 0.524. The number of aryl methyl sites for hydroxylation is 1. The molecule has 2 aliphatic rings. The number of rotatable bonds is 7. The number of carbonyl (C=O) groups excluding carboxylic acids is 1. The molecule has 1 amide bonds. The van der Waals surface area contributed by atoms with Crippen molar-refractivity contribution in [3.63, 3.8) is 0 Å². The van der Waals surface area contributed by atoms with Gasteiger partial charge in [0.05, 0.1) is 24.6 Å². The molecule has 1 aliphatic heterocycles. The van der Waals surface area contributed by atoms with Gasteiger partial charge in [0.25, 0.3) is 0 Å². The van der Waals surface area contributed by atoms with Gasteiger partial charge >= 0.3 is 6.09 Å². The maximum atomic E-state index is 15.0. The van der Waals surface area contributed by atoms with Crippen LogP contribution in [0, 0.1) is 6.92 Å². The Hall–Kier alpha value is -3.25. The molecule has 3 aromatic rings. The van der Waals surface area contributed by atoms with E-state index in [0.29, 0.717) is 29.7 Å². The van der Waals surface area contributed by atoms with Crippen LogP contribution < -0.4 is 10.6 Å². The molecule has 1 saturated carbocycles. The van der Waals surface area contributed by atoms with E-state index in [1.807, 2.05) is 26.1 Å². The Morgan fingerprint density at radius 1 is 1.39 bits per heavy atom. The number of imidazole rings is 1. The van der Waals surface area contributed by atoms with Gasteiger partial charge in [-0.05, 0) is 26.7 Å². The summed E-state index contributed by atoms with van der Waals surface area (Å²) in [5, 5.41) is 12.9. The summed E-state index contributed by atoms with van der Waals surface area (Å²) in [4.78, 5) is 21.1. The maximum Gasteiger partial charge on any atom is 0.408 e. The minimum atomic E-state index is -1.52. The lowest BCUT2D eigenvalue weighted by atomic mass is 10.1. The molecule has 176 valence electrons. The standard InChI is InChI=1S/C21H26FN7O4/c1-11-6-16-24-12(9-31-3)8-29(16)19(23-11)25-15-7-13(27-28-15)18-17(22)14(10-32-18)33-20(30)26-21(2)4-5-21/h6-8,14,17-18H,4-5,9-10H2,1-3H3,(H,26,30)(H2,23,25,27,28)/t14-,17-,18-/m0/s1. The number of aromatic amines is 1. The fourth-order valence-electron chi connectivity index (χ4n) is 3.79. The molecular formula is C21H26FN7O4. The van der Waals surface area contributed by atoms with Crippen LogP contribution >= 0.6 is 0 Å². The number of hydrogen-bond donors (Lipinski definition) is 3. The van der Waals surface area contributed by atoms with Gasteiger partial charge in [0, 0.05) is 36.7 Å².